The third kappa shape index (κ3) is 2.23. The summed E-state index contributed by atoms with van der Waals surface area (Å²) >= 11 is 3.08. The van der Waals surface area contributed by atoms with E-state index in [0.29, 0.717) is 16.6 Å². The van der Waals surface area contributed by atoms with Gasteiger partial charge in [0.15, 0.2) is 0 Å². The van der Waals surface area contributed by atoms with Crippen molar-refractivity contribution in [2.75, 3.05) is 6.61 Å². The Morgan fingerprint density at radius 1 is 1.64 bits per heavy atom. The second kappa shape index (κ2) is 4.41. The van der Waals surface area contributed by atoms with Crippen molar-refractivity contribution in [3.8, 4) is 0 Å². The van der Waals surface area contributed by atoms with Crippen molar-refractivity contribution < 1.29 is 9.53 Å². The minimum atomic E-state index is -0.427. The van der Waals surface area contributed by atoms with Crippen LogP contribution in [0.1, 0.15) is 17.3 Å². The fourth-order valence-electron chi connectivity index (χ4n) is 0.997. The standard InChI is InChI=1S/C9H10BrNO3/c1-3-14-9(13)6-4-7(10)8(12)11(2)5-6/h4-5H,3H2,1-2H3. The highest BCUT2D eigenvalue weighted by Gasteiger charge is 2.09. The van der Waals surface area contributed by atoms with Crippen LogP contribution < -0.4 is 5.56 Å². The van der Waals surface area contributed by atoms with Crippen molar-refractivity contribution in [3.63, 3.8) is 0 Å². The van der Waals surface area contributed by atoms with E-state index in [1.54, 1.807) is 14.0 Å². The van der Waals surface area contributed by atoms with Crippen LogP contribution in [0, 0.1) is 0 Å². The largest absolute Gasteiger partial charge is 0.462 e. The average molecular weight is 260 g/mol. The molecule has 1 heterocycles. The molecule has 0 fully saturated rings. The van der Waals surface area contributed by atoms with E-state index in [0.717, 1.165) is 0 Å². The number of nitrogens with zero attached hydrogens (tertiary/aromatic N) is 1. The summed E-state index contributed by atoms with van der Waals surface area (Å²) in [5, 5.41) is 0. The molecule has 0 aliphatic heterocycles. The number of esters is 1. The molecular weight excluding hydrogens is 250 g/mol. The highest BCUT2D eigenvalue weighted by molar-refractivity contribution is 9.10. The first-order valence-electron chi connectivity index (χ1n) is 4.09. The maximum atomic E-state index is 11.3. The van der Waals surface area contributed by atoms with Crippen molar-refractivity contribution >= 4 is 21.9 Å². The molecule has 0 aromatic carbocycles. The molecule has 0 saturated heterocycles. The number of halogens is 1. The molecule has 0 radical (unpaired) electrons. The molecule has 0 spiro atoms. The van der Waals surface area contributed by atoms with Gasteiger partial charge in [0.1, 0.15) is 0 Å². The van der Waals surface area contributed by atoms with Crippen LogP contribution >= 0.6 is 15.9 Å². The lowest BCUT2D eigenvalue weighted by Crippen LogP contribution is -2.19. The van der Waals surface area contributed by atoms with E-state index in [1.165, 1.54) is 16.8 Å². The van der Waals surface area contributed by atoms with E-state index >= 15 is 0 Å². The lowest BCUT2D eigenvalue weighted by atomic mass is 10.3. The van der Waals surface area contributed by atoms with Crippen LogP contribution in [-0.4, -0.2) is 17.1 Å². The van der Waals surface area contributed by atoms with E-state index in [2.05, 4.69) is 15.9 Å². The fourth-order valence-corrected chi connectivity index (χ4v) is 1.52. The lowest BCUT2D eigenvalue weighted by Gasteiger charge is -2.04. The summed E-state index contributed by atoms with van der Waals surface area (Å²) < 4.78 is 6.48. The summed E-state index contributed by atoms with van der Waals surface area (Å²) in [6.07, 6.45) is 1.45. The summed E-state index contributed by atoms with van der Waals surface area (Å²) in [5.41, 5.74) is 0.180. The summed E-state index contributed by atoms with van der Waals surface area (Å²) in [6, 6.07) is 1.46. The number of carbonyl (C=O) groups is 1. The molecule has 1 aromatic heterocycles. The Morgan fingerprint density at radius 3 is 2.79 bits per heavy atom. The van der Waals surface area contributed by atoms with E-state index in [-0.39, 0.29) is 5.56 Å². The maximum absolute atomic E-state index is 11.3. The van der Waals surface area contributed by atoms with Gasteiger partial charge in [-0.3, -0.25) is 4.79 Å². The van der Waals surface area contributed by atoms with Gasteiger partial charge in [0, 0.05) is 13.2 Å². The van der Waals surface area contributed by atoms with Gasteiger partial charge in [0.25, 0.3) is 5.56 Å². The molecule has 0 aliphatic carbocycles. The number of hydrogen-bond donors (Lipinski definition) is 0. The maximum Gasteiger partial charge on any atom is 0.339 e. The Labute approximate surface area is 89.6 Å². The van der Waals surface area contributed by atoms with Crippen LogP contribution in [0.25, 0.3) is 0 Å². The van der Waals surface area contributed by atoms with Gasteiger partial charge in [-0.05, 0) is 28.9 Å². The van der Waals surface area contributed by atoms with E-state index in [4.69, 9.17) is 4.74 Å². The van der Waals surface area contributed by atoms with Gasteiger partial charge in [0.2, 0.25) is 0 Å². The quantitative estimate of drug-likeness (QED) is 0.753. The van der Waals surface area contributed by atoms with E-state index in [1.807, 2.05) is 0 Å². The highest BCUT2D eigenvalue weighted by atomic mass is 79.9. The highest BCUT2D eigenvalue weighted by Crippen LogP contribution is 2.07. The van der Waals surface area contributed by atoms with Gasteiger partial charge < -0.3 is 9.30 Å². The normalized spacial score (nSPS) is 9.93. The van der Waals surface area contributed by atoms with Gasteiger partial charge in [-0.25, -0.2) is 4.79 Å². The van der Waals surface area contributed by atoms with Crippen molar-refractivity contribution in [3.05, 3.63) is 32.7 Å². The van der Waals surface area contributed by atoms with Gasteiger partial charge in [-0.1, -0.05) is 0 Å². The van der Waals surface area contributed by atoms with Crippen molar-refractivity contribution in [1.29, 1.82) is 0 Å². The van der Waals surface area contributed by atoms with Crippen LogP contribution in [-0.2, 0) is 11.8 Å². The monoisotopic (exact) mass is 259 g/mol. The van der Waals surface area contributed by atoms with Gasteiger partial charge >= 0.3 is 5.97 Å². The minimum Gasteiger partial charge on any atom is -0.462 e. The summed E-state index contributed by atoms with van der Waals surface area (Å²) in [7, 11) is 1.58. The summed E-state index contributed by atoms with van der Waals surface area (Å²) in [5.74, 6) is -0.427. The third-order valence-corrected chi connectivity index (χ3v) is 2.22. The molecule has 0 amide bonds. The van der Waals surface area contributed by atoms with Crippen molar-refractivity contribution in [1.82, 2.24) is 4.57 Å². The Balaban J connectivity index is 3.13. The molecule has 14 heavy (non-hydrogen) atoms. The Kier molecular flexibility index (Phi) is 3.46. The smallest absolute Gasteiger partial charge is 0.339 e. The Bertz CT molecular complexity index is 385. The molecule has 0 aliphatic rings. The number of ether oxygens (including phenoxy) is 1. The minimum absolute atomic E-state index is 0.182. The van der Waals surface area contributed by atoms with Crippen molar-refractivity contribution in [2.24, 2.45) is 7.05 Å². The molecule has 4 nitrogen and oxygen atoms in total. The van der Waals surface area contributed by atoms with E-state index in [9.17, 15) is 9.59 Å². The van der Waals surface area contributed by atoms with E-state index < -0.39 is 5.97 Å². The Hall–Kier alpha value is -1.10. The first kappa shape index (κ1) is 11.0. The van der Waals surface area contributed by atoms with Gasteiger partial charge in [-0.15, -0.1) is 0 Å². The average Bonchev–Trinajstić information content (AvgIpc) is 2.13. The molecule has 76 valence electrons. The molecule has 0 N–H and O–H groups in total. The van der Waals surface area contributed by atoms with Crippen LogP contribution in [0.2, 0.25) is 0 Å². The summed E-state index contributed by atoms with van der Waals surface area (Å²) in [6.45, 7) is 2.05. The zero-order valence-corrected chi connectivity index (χ0v) is 9.50. The zero-order chi connectivity index (χ0) is 10.7. The Morgan fingerprint density at radius 2 is 2.29 bits per heavy atom. The molecular formula is C9H10BrNO3. The number of rotatable bonds is 2. The molecule has 0 saturated carbocycles. The van der Waals surface area contributed by atoms with Crippen LogP contribution in [0.5, 0.6) is 0 Å². The fraction of sp³-hybridized carbons (Fsp3) is 0.333. The molecule has 0 bridgehead atoms. The zero-order valence-electron chi connectivity index (χ0n) is 7.91. The molecule has 0 unspecified atom stereocenters. The molecule has 5 heteroatoms. The lowest BCUT2D eigenvalue weighted by molar-refractivity contribution is 0.0525. The first-order valence-corrected chi connectivity index (χ1v) is 4.89. The van der Waals surface area contributed by atoms with Gasteiger partial charge in [0.05, 0.1) is 16.6 Å². The summed E-state index contributed by atoms with van der Waals surface area (Å²) in [4.78, 5) is 22.6. The topological polar surface area (TPSA) is 48.3 Å². The van der Waals surface area contributed by atoms with Crippen LogP contribution in [0.3, 0.4) is 0 Å². The predicted molar refractivity (Wildman–Crippen MR) is 55.3 cm³/mol. The molecule has 0 atom stereocenters. The number of pyridine rings is 1. The molecule has 1 aromatic rings. The third-order valence-electron chi connectivity index (χ3n) is 1.65. The molecule has 1 rings (SSSR count). The second-order valence-electron chi connectivity index (χ2n) is 2.71. The number of carbonyl (C=O) groups excluding carboxylic acids is 1. The first-order chi connectivity index (χ1) is 6.56. The number of hydrogen-bond acceptors (Lipinski definition) is 3. The van der Waals surface area contributed by atoms with Crippen LogP contribution in [0.15, 0.2) is 21.5 Å². The SMILES string of the molecule is CCOC(=O)c1cc(Br)c(=O)n(C)c1. The predicted octanol–water partition coefficient (Wildman–Crippen LogP) is 1.32. The number of aromatic nitrogens is 1. The van der Waals surface area contributed by atoms with Gasteiger partial charge in [-0.2, -0.15) is 0 Å². The second-order valence-corrected chi connectivity index (χ2v) is 3.57. The van der Waals surface area contributed by atoms with Crippen molar-refractivity contribution in [2.45, 2.75) is 6.92 Å². The number of aryl methyl sites for hydroxylation is 1. The van der Waals surface area contributed by atoms with Crippen LogP contribution in [0.4, 0.5) is 0 Å².